The normalized spacial score (nSPS) is 15.1. The lowest BCUT2D eigenvalue weighted by Gasteiger charge is -2.29. The van der Waals surface area contributed by atoms with Gasteiger partial charge in [-0.15, -0.1) is 10.2 Å². The van der Waals surface area contributed by atoms with Crippen LogP contribution in [0.2, 0.25) is 0 Å². The summed E-state index contributed by atoms with van der Waals surface area (Å²) in [4.78, 5) is 2.12. The molecule has 0 radical (unpaired) electrons. The van der Waals surface area contributed by atoms with Gasteiger partial charge in [-0.3, -0.25) is 4.31 Å². The average Bonchev–Trinajstić information content (AvgIpc) is 3.34. The summed E-state index contributed by atoms with van der Waals surface area (Å²) in [6, 6.07) is 12.4. The summed E-state index contributed by atoms with van der Waals surface area (Å²) in [5.41, 5.74) is 0.676. The molecule has 4 rings (SSSR count). The predicted octanol–water partition coefficient (Wildman–Crippen LogP) is 4.20. The molecule has 2 aromatic carbocycles. The minimum absolute atomic E-state index is 0.0926. The van der Waals surface area contributed by atoms with Crippen molar-refractivity contribution in [2.45, 2.75) is 13.0 Å². The number of aromatic nitrogens is 2. The molecule has 182 valence electrons. The number of hydrogen-bond acceptors (Lipinski definition) is 7. The van der Waals surface area contributed by atoms with Crippen LogP contribution in [0.5, 0.6) is 0 Å². The van der Waals surface area contributed by atoms with Crippen LogP contribution in [0.4, 0.5) is 18.9 Å². The summed E-state index contributed by atoms with van der Waals surface area (Å²) in [6.45, 7) is 1.85. The smallest absolute Gasteiger partial charge is 0.314 e. The first-order valence-electron chi connectivity index (χ1n) is 10.6. The lowest BCUT2D eigenvalue weighted by molar-refractivity contribution is 0.116. The van der Waals surface area contributed by atoms with Crippen LogP contribution in [0.25, 0.3) is 11.5 Å². The Labute approximate surface area is 200 Å². The molecule has 0 saturated carbocycles. The summed E-state index contributed by atoms with van der Waals surface area (Å²) < 4.78 is 73.1. The molecule has 0 N–H and O–H groups in total. The molecule has 7 nitrogen and oxygen atoms in total. The van der Waals surface area contributed by atoms with Crippen LogP contribution in [0, 0.1) is 5.82 Å². The van der Waals surface area contributed by atoms with E-state index in [1.165, 1.54) is 16.4 Å². The van der Waals surface area contributed by atoms with Crippen LogP contribution in [0.3, 0.4) is 0 Å². The molecule has 1 aliphatic heterocycles. The molecule has 1 aromatic heterocycles. The van der Waals surface area contributed by atoms with Crippen LogP contribution < -0.4 is 4.31 Å². The van der Waals surface area contributed by atoms with Crippen LogP contribution in [-0.2, 0) is 16.6 Å². The Balaban J connectivity index is 1.56. The van der Waals surface area contributed by atoms with E-state index in [4.69, 9.17) is 4.42 Å². The fraction of sp³-hybridized carbons (Fsp3) is 0.364. The van der Waals surface area contributed by atoms with Gasteiger partial charge in [-0.2, -0.15) is 20.5 Å². The molecule has 2 heterocycles. The second-order valence-electron chi connectivity index (χ2n) is 7.66. The van der Waals surface area contributed by atoms with Gasteiger partial charge in [0.2, 0.25) is 15.9 Å². The first-order chi connectivity index (χ1) is 16.3. The molecule has 0 aliphatic carbocycles. The van der Waals surface area contributed by atoms with Gasteiger partial charge in [0.15, 0.2) is 0 Å². The van der Waals surface area contributed by atoms with Crippen LogP contribution >= 0.6 is 11.8 Å². The average molecular weight is 513 g/mol. The van der Waals surface area contributed by atoms with Crippen LogP contribution in [-0.4, -0.2) is 60.4 Å². The zero-order valence-electron chi connectivity index (χ0n) is 18.1. The molecule has 1 fully saturated rings. The largest absolute Gasteiger partial charge is 0.415 e. The Morgan fingerprint density at radius 3 is 2.47 bits per heavy atom. The third kappa shape index (κ3) is 5.91. The summed E-state index contributed by atoms with van der Waals surface area (Å²) in [5, 5.41) is 6.76. The Bertz CT molecular complexity index is 1200. The number of rotatable bonds is 9. The molecule has 0 bridgehead atoms. The van der Waals surface area contributed by atoms with E-state index in [0.717, 1.165) is 30.7 Å². The van der Waals surface area contributed by atoms with Crippen molar-refractivity contribution in [1.82, 2.24) is 15.1 Å². The lowest BCUT2D eigenvalue weighted by Crippen LogP contribution is -2.40. The van der Waals surface area contributed by atoms with Crippen LogP contribution in [0.15, 0.2) is 52.9 Å². The molecule has 12 heteroatoms. The lowest BCUT2D eigenvalue weighted by atomic mass is 10.1. The summed E-state index contributed by atoms with van der Waals surface area (Å²) in [7, 11) is -3.76. The number of benzene rings is 2. The van der Waals surface area contributed by atoms with E-state index in [1.807, 2.05) is 11.8 Å². The zero-order valence-corrected chi connectivity index (χ0v) is 19.7. The highest BCUT2D eigenvalue weighted by Gasteiger charge is 2.26. The molecule has 3 aromatic rings. The second-order valence-corrected chi connectivity index (χ2v) is 10.9. The monoisotopic (exact) mass is 512 g/mol. The molecule has 0 amide bonds. The van der Waals surface area contributed by atoms with Gasteiger partial charge in [-0.05, 0) is 24.3 Å². The fourth-order valence-corrected chi connectivity index (χ4v) is 5.99. The van der Waals surface area contributed by atoms with Gasteiger partial charge < -0.3 is 9.32 Å². The number of para-hydroxylation sites is 1. The maximum atomic E-state index is 15.0. The Hall–Kier alpha value is -2.57. The number of hydrogen-bond donors (Lipinski definition) is 0. The number of halogens is 3. The van der Waals surface area contributed by atoms with Crippen molar-refractivity contribution in [2.24, 2.45) is 0 Å². The van der Waals surface area contributed by atoms with Gasteiger partial charge in [0, 0.05) is 42.3 Å². The van der Waals surface area contributed by atoms with Gasteiger partial charge >= 0.3 is 6.43 Å². The van der Waals surface area contributed by atoms with Gasteiger partial charge in [-0.1, -0.05) is 24.3 Å². The topological polar surface area (TPSA) is 79.5 Å². The van der Waals surface area contributed by atoms with Gasteiger partial charge in [0.25, 0.3) is 5.89 Å². The van der Waals surface area contributed by atoms with Crippen molar-refractivity contribution >= 4 is 27.5 Å². The molecule has 0 atom stereocenters. The highest BCUT2D eigenvalue weighted by molar-refractivity contribution is 7.99. The Morgan fingerprint density at radius 1 is 1.09 bits per heavy atom. The number of nitrogens with zero attached hydrogens (tertiary/aromatic N) is 4. The van der Waals surface area contributed by atoms with Crippen LogP contribution in [0.1, 0.15) is 17.9 Å². The van der Waals surface area contributed by atoms with Crippen molar-refractivity contribution in [2.75, 3.05) is 41.2 Å². The first-order valence-corrected chi connectivity index (χ1v) is 13.4. The highest BCUT2D eigenvalue weighted by atomic mass is 32.2. The SMILES string of the molecule is O=S(=O)(CCN1CCSCC1)N(Cc1ccc(-c2nnc(C(F)F)o2)cc1F)c1ccccc1. The number of anilines is 1. The van der Waals surface area contributed by atoms with E-state index in [2.05, 4.69) is 15.1 Å². The third-order valence-corrected chi connectivity index (χ3v) is 8.04. The molecule has 0 unspecified atom stereocenters. The highest BCUT2D eigenvalue weighted by Crippen LogP contribution is 2.27. The van der Waals surface area contributed by atoms with Crippen molar-refractivity contribution in [1.29, 1.82) is 0 Å². The molecule has 1 saturated heterocycles. The van der Waals surface area contributed by atoms with E-state index < -0.39 is 28.2 Å². The third-order valence-electron chi connectivity index (χ3n) is 5.39. The van der Waals surface area contributed by atoms with Crippen molar-refractivity contribution in [3.63, 3.8) is 0 Å². The number of alkyl halides is 2. The van der Waals surface area contributed by atoms with Gasteiger partial charge in [0.05, 0.1) is 18.0 Å². The van der Waals surface area contributed by atoms with Gasteiger partial charge in [-0.25, -0.2) is 12.8 Å². The summed E-state index contributed by atoms with van der Waals surface area (Å²) in [6.07, 6.45) is -2.93. The van der Waals surface area contributed by atoms with Crippen molar-refractivity contribution < 1.29 is 26.0 Å². The maximum absolute atomic E-state index is 15.0. The minimum Gasteiger partial charge on any atom is -0.415 e. The fourth-order valence-electron chi connectivity index (χ4n) is 3.53. The molecular weight excluding hydrogens is 489 g/mol. The summed E-state index contributed by atoms with van der Waals surface area (Å²) >= 11 is 1.85. The molecule has 1 aliphatic rings. The molecular formula is C22H23F3N4O3S2. The maximum Gasteiger partial charge on any atom is 0.314 e. The van der Waals surface area contributed by atoms with Crippen molar-refractivity contribution in [3.05, 3.63) is 65.8 Å². The summed E-state index contributed by atoms with van der Waals surface area (Å²) in [5.74, 6) is 0.0436. The first kappa shape index (κ1) is 24.6. The standard InChI is InChI=1S/C22H23F3N4O3S2/c23-19-14-16(21-26-27-22(32-21)20(24)25)6-7-17(19)15-29(18-4-2-1-3-5-18)34(30,31)13-10-28-8-11-33-12-9-28/h1-7,14,20H,8-13,15H2. The van der Waals surface area contributed by atoms with E-state index in [0.29, 0.717) is 12.2 Å². The Kier molecular flexibility index (Phi) is 7.79. The molecule has 0 spiro atoms. The number of sulfonamides is 1. The van der Waals surface area contributed by atoms with E-state index >= 15 is 0 Å². The van der Waals surface area contributed by atoms with Crippen molar-refractivity contribution in [3.8, 4) is 11.5 Å². The van der Waals surface area contributed by atoms with E-state index in [1.54, 1.807) is 30.3 Å². The second kappa shape index (κ2) is 10.8. The zero-order chi connectivity index (χ0) is 24.1. The Morgan fingerprint density at radius 2 is 1.82 bits per heavy atom. The molecule has 34 heavy (non-hydrogen) atoms. The van der Waals surface area contributed by atoms with E-state index in [9.17, 15) is 21.6 Å². The quantitative estimate of drug-likeness (QED) is 0.425. The predicted molar refractivity (Wildman–Crippen MR) is 125 cm³/mol. The van der Waals surface area contributed by atoms with E-state index in [-0.39, 0.29) is 29.3 Å². The van der Waals surface area contributed by atoms with Gasteiger partial charge in [0.1, 0.15) is 5.82 Å². The number of thioether (sulfide) groups is 1. The minimum atomic E-state index is -3.76.